The third-order valence-electron chi connectivity index (χ3n) is 3.74. The number of esters is 1. The molecule has 0 spiro atoms. The van der Waals surface area contributed by atoms with Gasteiger partial charge in [-0.15, -0.1) is 0 Å². The molecule has 0 aromatic heterocycles. The number of ether oxygens (including phenoxy) is 2. The van der Waals surface area contributed by atoms with Crippen LogP contribution < -0.4 is 0 Å². The first-order chi connectivity index (χ1) is 11.1. The number of aliphatic hydroxyl groups excluding tert-OH is 1. The van der Waals surface area contributed by atoms with Gasteiger partial charge in [0.05, 0.1) is 6.61 Å². The zero-order valence-electron chi connectivity index (χ0n) is 13.8. The first kappa shape index (κ1) is 19.8. The second kappa shape index (κ2) is 10.5. The number of benzene rings is 1. The first-order valence-corrected chi connectivity index (χ1v) is 8.89. The highest BCUT2D eigenvalue weighted by Gasteiger charge is 2.52. The molecule has 0 fully saturated rings. The lowest BCUT2D eigenvalue weighted by atomic mass is 9.94. The number of rotatable bonds is 11. The van der Waals surface area contributed by atoms with Gasteiger partial charge in [0.1, 0.15) is 12.5 Å². The van der Waals surface area contributed by atoms with E-state index >= 15 is 0 Å². The van der Waals surface area contributed by atoms with Crippen molar-refractivity contribution in [2.45, 2.75) is 38.5 Å². The Hall–Kier alpha value is -1.29. The van der Waals surface area contributed by atoms with Gasteiger partial charge in [-0.2, -0.15) is 0 Å². The number of carbonyl (C=O) groups excluding carboxylic acids is 1. The van der Waals surface area contributed by atoms with Gasteiger partial charge in [-0.25, -0.2) is 0 Å². The van der Waals surface area contributed by atoms with E-state index in [4.69, 9.17) is 9.47 Å². The van der Waals surface area contributed by atoms with Crippen LogP contribution in [-0.2, 0) is 25.3 Å². The van der Waals surface area contributed by atoms with E-state index in [1.165, 1.54) is 5.56 Å². The standard InChI is InChI=1S/C17H25O5P/c1-3-21-16(19)15(17(13-18,23-20)22-4-2)12-8-11-14-9-6-5-7-10-14/h5-7,9-10,15,18H,3-4,8,11-13H2,1-2H3/p+1. The molecule has 1 rings (SSSR count). The molecule has 0 heterocycles. The van der Waals surface area contributed by atoms with Gasteiger partial charge in [0.2, 0.25) is 0 Å². The summed E-state index contributed by atoms with van der Waals surface area (Å²) in [5.74, 6) is -1.21. The second-order valence-corrected chi connectivity index (χ2v) is 6.32. The molecule has 0 aliphatic heterocycles. The molecule has 1 N–H and O–H groups in total. The molecule has 0 radical (unpaired) electrons. The van der Waals surface area contributed by atoms with Crippen molar-refractivity contribution in [2.24, 2.45) is 5.92 Å². The Morgan fingerprint density at radius 1 is 1.26 bits per heavy atom. The Kier molecular flexibility index (Phi) is 9.00. The zero-order valence-corrected chi connectivity index (χ0v) is 14.8. The molecule has 0 amide bonds. The number of aliphatic hydroxyl groups is 1. The van der Waals surface area contributed by atoms with Gasteiger partial charge < -0.3 is 14.6 Å². The molecular weight excluding hydrogens is 315 g/mol. The smallest absolute Gasteiger partial charge is 0.363 e. The first-order valence-electron chi connectivity index (χ1n) is 7.98. The van der Waals surface area contributed by atoms with E-state index in [9.17, 15) is 14.5 Å². The fourth-order valence-corrected chi connectivity index (χ4v) is 3.26. The van der Waals surface area contributed by atoms with E-state index in [0.717, 1.165) is 6.42 Å². The predicted octanol–water partition coefficient (Wildman–Crippen LogP) is 2.94. The van der Waals surface area contributed by atoms with Gasteiger partial charge in [0, 0.05) is 6.61 Å². The molecular formula is C17H26O5P+. The molecule has 1 aromatic carbocycles. The average Bonchev–Trinajstić information content (AvgIpc) is 2.58. The van der Waals surface area contributed by atoms with Crippen LogP contribution in [0.25, 0.3) is 0 Å². The van der Waals surface area contributed by atoms with Crippen LogP contribution >= 0.6 is 8.46 Å². The van der Waals surface area contributed by atoms with E-state index < -0.39 is 32.3 Å². The van der Waals surface area contributed by atoms with Crippen LogP contribution in [0.5, 0.6) is 0 Å². The molecule has 0 saturated carbocycles. The summed E-state index contributed by atoms with van der Waals surface area (Å²) in [6, 6.07) is 9.94. The van der Waals surface area contributed by atoms with Gasteiger partial charge in [-0.1, -0.05) is 34.9 Å². The van der Waals surface area contributed by atoms with Crippen LogP contribution in [0, 0.1) is 5.92 Å². The lowest BCUT2D eigenvalue weighted by Crippen LogP contribution is -2.44. The third-order valence-corrected chi connectivity index (χ3v) is 4.74. The SMILES string of the molecule is CCOC(=O)C(CCCc1ccccc1)C(CO)(OCC)[PH+]=O. The lowest BCUT2D eigenvalue weighted by molar-refractivity contribution is -0.159. The van der Waals surface area contributed by atoms with Gasteiger partial charge in [0.25, 0.3) is 5.34 Å². The minimum atomic E-state index is -1.38. The highest BCUT2D eigenvalue weighted by molar-refractivity contribution is 7.25. The quantitative estimate of drug-likeness (QED) is 0.495. The second-order valence-electron chi connectivity index (χ2n) is 5.27. The summed E-state index contributed by atoms with van der Waals surface area (Å²) in [4.78, 5) is 12.3. The Morgan fingerprint density at radius 3 is 2.48 bits per heavy atom. The third kappa shape index (κ3) is 5.69. The molecule has 0 aliphatic carbocycles. The zero-order chi connectivity index (χ0) is 17.1. The van der Waals surface area contributed by atoms with Crippen molar-refractivity contribution < 1.29 is 23.9 Å². The molecule has 128 valence electrons. The molecule has 0 bridgehead atoms. The summed E-state index contributed by atoms with van der Waals surface area (Å²) in [6.07, 6.45) is 1.96. The molecule has 3 unspecified atom stereocenters. The van der Waals surface area contributed by atoms with Crippen molar-refractivity contribution in [3.8, 4) is 0 Å². The van der Waals surface area contributed by atoms with Crippen molar-refractivity contribution >= 4 is 14.4 Å². The van der Waals surface area contributed by atoms with Crippen LogP contribution in [0.1, 0.15) is 32.3 Å². The Labute approximate surface area is 139 Å². The van der Waals surface area contributed by atoms with Crippen LogP contribution in [-0.4, -0.2) is 36.2 Å². The molecule has 5 nitrogen and oxygen atoms in total. The fourth-order valence-electron chi connectivity index (χ4n) is 2.59. The number of carbonyl (C=O) groups is 1. The van der Waals surface area contributed by atoms with Crippen molar-refractivity contribution in [3.05, 3.63) is 35.9 Å². The number of hydrogen-bond donors (Lipinski definition) is 1. The summed E-state index contributed by atoms with van der Waals surface area (Å²) in [5.41, 5.74) is 1.17. The van der Waals surface area contributed by atoms with Crippen LogP contribution in [0.4, 0.5) is 0 Å². The molecule has 0 saturated heterocycles. The monoisotopic (exact) mass is 341 g/mol. The van der Waals surface area contributed by atoms with Gasteiger partial charge in [0.15, 0.2) is 0 Å². The van der Waals surface area contributed by atoms with Gasteiger partial charge in [-0.05, 0) is 38.7 Å². The Bertz CT molecular complexity index is 479. The molecule has 1 aromatic rings. The maximum absolute atomic E-state index is 12.3. The van der Waals surface area contributed by atoms with Gasteiger partial charge >= 0.3 is 14.4 Å². The largest absolute Gasteiger partial charge is 0.466 e. The average molecular weight is 341 g/mol. The Morgan fingerprint density at radius 2 is 1.96 bits per heavy atom. The van der Waals surface area contributed by atoms with E-state index in [1.54, 1.807) is 13.8 Å². The number of hydrogen-bond acceptors (Lipinski definition) is 5. The van der Waals surface area contributed by atoms with E-state index in [-0.39, 0.29) is 13.2 Å². The summed E-state index contributed by atoms with van der Waals surface area (Å²) >= 11 is 0. The highest BCUT2D eigenvalue weighted by Crippen LogP contribution is 2.37. The molecule has 0 aliphatic rings. The summed E-state index contributed by atoms with van der Waals surface area (Å²) in [7, 11) is -0.942. The van der Waals surface area contributed by atoms with Crippen molar-refractivity contribution in [1.82, 2.24) is 0 Å². The summed E-state index contributed by atoms with van der Waals surface area (Å²) in [6.45, 7) is 3.50. The van der Waals surface area contributed by atoms with Crippen molar-refractivity contribution in [3.63, 3.8) is 0 Å². The van der Waals surface area contributed by atoms with Crippen LogP contribution in [0.2, 0.25) is 0 Å². The normalized spacial score (nSPS) is 15.1. The minimum Gasteiger partial charge on any atom is -0.466 e. The maximum Gasteiger partial charge on any atom is 0.363 e. The van der Waals surface area contributed by atoms with Crippen LogP contribution in [0.15, 0.2) is 30.3 Å². The van der Waals surface area contributed by atoms with E-state index in [1.807, 2.05) is 30.3 Å². The molecule has 3 atom stereocenters. The predicted molar refractivity (Wildman–Crippen MR) is 89.9 cm³/mol. The Balaban J connectivity index is 2.82. The fraction of sp³-hybridized carbons (Fsp3) is 0.588. The lowest BCUT2D eigenvalue weighted by Gasteiger charge is -2.26. The van der Waals surface area contributed by atoms with Crippen molar-refractivity contribution in [1.29, 1.82) is 0 Å². The summed E-state index contributed by atoms with van der Waals surface area (Å²) < 4.78 is 22.3. The van der Waals surface area contributed by atoms with Gasteiger partial charge in [-0.3, -0.25) is 4.79 Å². The maximum atomic E-state index is 12.3. The summed E-state index contributed by atoms with van der Waals surface area (Å²) in [5, 5.41) is 8.31. The van der Waals surface area contributed by atoms with Crippen LogP contribution in [0.3, 0.4) is 0 Å². The number of aryl methyl sites for hydroxylation is 1. The van der Waals surface area contributed by atoms with E-state index in [0.29, 0.717) is 12.8 Å². The highest BCUT2D eigenvalue weighted by atomic mass is 31.1. The van der Waals surface area contributed by atoms with Crippen molar-refractivity contribution in [2.75, 3.05) is 19.8 Å². The minimum absolute atomic E-state index is 0.240. The van der Waals surface area contributed by atoms with E-state index in [2.05, 4.69) is 0 Å². The topological polar surface area (TPSA) is 72.8 Å². The molecule has 23 heavy (non-hydrogen) atoms. The molecule has 6 heteroatoms.